The number of alkyl halides is 4. The van der Waals surface area contributed by atoms with E-state index in [1.807, 2.05) is 6.07 Å². The van der Waals surface area contributed by atoms with Gasteiger partial charge in [0.05, 0.1) is 29.6 Å². The zero-order valence-electron chi connectivity index (χ0n) is 16.5. The summed E-state index contributed by atoms with van der Waals surface area (Å²) in [6.07, 6.45) is -3.19. The van der Waals surface area contributed by atoms with Crippen LogP contribution in [0.5, 0.6) is 5.75 Å². The number of rotatable bonds is 6. The molecule has 31 heavy (non-hydrogen) atoms. The van der Waals surface area contributed by atoms with E-state index in [-0.39, 0.29) is 35.9 Å². The van der Waals surface area contributed by atoms with Crippen LogP contribution in [-0.2, 0) is 18.0 Å². The minimum absolute atomic E-state index is 0.000810. The quantitative estimate of drug-likeness (QED) is 0.456. The second-order valence-electron chi connectivity index (χ2n) is 6.66. The monoisotopic (exact) mass is 451 g/mol. The molecule has 0 spiro atoms. The lowest BCUT2D eigenvalue weighted by Crippen LogP contribution is -2.33. The lowest BCUT2D eigenvalue weighted by molar-refractivity contribution is -0.139. The van der Waals surface area contributed by atoms with Crippen molar-refractivity contribution in [1.29, 1.82) is 5.26 Å². The van der Waals surface area contributed by atoms with Gasteiger partial charge in [0, 0.05) is 12.6 Å². The van der Waals surface area contributed by atoms with E-state index >= 15 is 0 Å². The highest BCUT2D eigenvalue weighted by Crippen LogP contribution is 2.39. The molecule has 1 aromatic carbocycles. The Labute approximate surface area is 180 Å². The second kappa shape index (κ2) is 8.81. The molecular weight excluding hydrogens is 435 g/mol. The van der Waals surface area contributed by atoms with E-state index in [4.69, 9.17) is 16.3 Å². The fraction of sp³-hybridized carbons (Fsp3) is 0.300. The van der Waals surface area contributed by atoms with Crippen molar-refractivity contribution in [1.82, 2.24) is 19.9 Å². The van der Waals surface area contributed by atoms with Crippen LogP contribution in [0.3, 0.4) is 0 Å². The number of amides is 1. The first-order chi connectivity index (χ1) is 14.6. The highest BCUT2D eigenvalue weighted by atomic mass is 35.5. The highest BCUT2D eigenvalue weighted by Gasteiger charge is 2.35. The number of benzene rings is 1. The number of carbonyl (C=O) groups is 1. The number of carbonyl (C=O) groups excluding carboxylic acids is 1. The molecule has 0 radical (unpaired) electrons. The standard InChI is InChI=1S/C20H17ClF3N5O2/c1-11(21)19(30)26-5-6-31-17-4-3-12(7-13(17)20(22,23)24)14-8-16-18(15(9-25)28-14)27-10-29(16)2/h3-4,7-8,10-11H,5-6H2,1-2H3,(H,26,30). The fourth-order valence-electron chi connectivity index (χ4n) is 2.87. The average molecular weight is 452 g/mol. The molecule has 2 aromatic heterocycles. The molecular formula is C20H17ClF3N5O2. The Morgan fingerprint density at radius 3 is 2.77 bits per heavy atom. The van der Waals surface area contributed by atoms with E-state index in [1.54, 1.807) is 17.7 Å². The van der Waals surface area contributed by atoms with Crippen LogP contribution >= 0.6 is 11.6 Å². The van der Waals surface area contributed by atoms with Crippen LogP contribution in [0.4, 0.5) is 13.2 Å². The van der Waals surface area contributed by atoms with E-state index < -0.39 is 23.0 Å². The van der Waals surface area contributed by atoms with E-state index in [0.29, 0.717) is 11.0 Å². The summed E-state index contributed by atoms with van der Waals surface area (Å²) in [5.41, 5.74) is 0.341. The first kappa shape index (κ1) is 22.4. The van der Waals surface area contributed by atoms with Gasteiger partial charge in [0.25, 0.3) is 0 Å². The maximum atomic E-state index is 13.6. The molecule has 0 saturated heterocycles. The number of aromatic nitrogens is 3. The van der Waals surface area contributed by atoms with Gasteiger partial charge in [-0.2, -0.15) is 18.4 Å². The summed E-state index contributed by atoms with van der Waals surface area (Å²) < 4.78 is 47.8. The van der Waals surface area contributed by atoms with Crippen LogP contribution in [0.1, 0.15) is 18.2 Å². The molecule has 0 aliphatic rings. The number of ether oxygens (including phenoxy) is 1. The number of nitrogens with one attached hydrogen (secondary N) is 1. The van der Waals surface area contributed by atoms with Gasteiger partial charge in [-0.1, -0.05) is 0 Å². The summed E-state index contributed by atoms with van der Waals surface area (Å²) in [4.78, 5) is 19.7. The van der Waals surface area contributed by atoms with Crippen molar-refractivity contribution in [3.05, 3.63) is 41.9 Å². The van der Waals surface area contributed by atoms with Crippen LogP contribution in [0.25, 0.3) is 22.3 Å². The van der Waals surface area contributed by atoms with Crippen LogP contribution in [0.15, 0.2) is 30.6 Å². The molecule has 3 rings (SSSR count). The largest absolute Gasteiger partial charge is 0.491 e. The number of aryl methyl sites for hydroxylation is 1. The van der Waals surface area contributed by atoms with Crippen LogP contribution < -0.4 is 10.1 Å². The van der Waals surface area contributed by atoms with Gasteiger partial charge < -0.3 is 14.6 Å². The Kier molecular flexibility index (Phi) is 6.36. The molecule has 0 aliphatic carbocycles. The van der Waals surface area contributed by atoms with Gasteiger partial charge in [0.1, 0.15) is 29.3 Å². The number of nitrogens with zero attached hydrogens (tertiary/aromatic N) is 4. The Morgan fingerprint density at radius 1 is 1.39 bits per heavy atom. The molecule has 162 valence electrons. The molecule has 0 saturated carbocycles. The molecule has 11 heteroatoms. The van der Waals surface area contributed by atoms with Gasteiger partial charge in [0.15, 0.2) is 5.69 Å². The SMILES string of the molecule is CC(Cl)C(=O)NCCOc1ccc(-c2cc3c(ncn3C)c(C#N)n2)cc1C(F)(F)F. The first-order valence-corrected chi connectivity index (χ1v) is 9.54. The van der Waals surface area contributed by atoms with Crippen LogP contribution in [-0.4, -0.2) is 39.0 Å². The van der Waals surface area contributed by atoms with Gasteiger partial charge in [-0.05, 0) is 31.2 Å². The Morgan fingerprint density at radius 2 is 2.13 bits per heavy atom. The van der Waals surface area contributed by atoms with E-state index in [9.17, 15) is 23.2 Å². The zero-order chi connectivity index (χ0) is 22.8. The van der Waals surface area contributed by atoms with E-state index in [1.165, 1.54) is 25.4 Å². The third-order valence-electron chi connectivity index (χ3n) is 4.42. The smallest absolute Gasteiger partial charge is 0.419 e. The number of imidazole rings is 1. The molecule has 3 aromatic rings. The number of fused-ring (bicyclic) bond motifs is 1. The number of nitriles is 1. The van der Waals surface area contributed by atoms with Crippen molar-refractivity contribution in [3.8, 4) is 23.1 Å². The highest BCUT2D eigenvalue weighted by molar-refractivity contribution is 6.30. The molecule has 1 unspecified atom stereocenters. The summed E-state index contributed by atoms with van der Waals surface area (Å²) in [6.45, 7) is 1.31. The van der Waals surface area contributed by atoms with Crippen LogP contribution in [0, 0.1) is 11.3 Å². The lowest BCUT2D eigenvalue weighted by atomic mass is 10.1. The van der Waals surface area contributed by atoms with Crippen molar-refractivity contribution in [3.63, 3.8) is 0 Å². The van der Waals surface area contributed by atoms with Gasteiger partial charge in [-0.15, -0.1) is 11.6 Å². The summed E-state index contributed by atoms with van der Waals surface area (Å²) in [7, 11) is 1.71. The van der Waals surface area contributed by atoms with Crippen molar-refractivity contribution in [2.75, 3.05) is 13.2 Å². The maximum absolute atomic E-state index is 13.6. The minimum Gasteiger partial charge on any atom is -0.491 e. The topological polar surface area (TPSA) is 92.8 Å². The number of halogens is 4. The molecule has 0 aliphatic heterocycles. The Balaban J connectivity index is 1.92. The summed E-state index contributed by atoms with van der Waals surface area (Å²) in [5, 5.41) is 11.0. The van der Waals surface area contributed by atoms with Crippen molar-refractivity contribution < 1.29 is 22.7 Å². The van der Waals surface area contributed by atoms with E-state index in [2.05, 4.69) is 15.3 Å². The van der Waals surface area contributed by atoms with Gasteiger partial charge >= 0.3 is 6.18 Å². The Hall–Kier alpha value is -3.32. The van der Waals surface area contributed by atoms with Crippen molar-refractivity contribution in [2.45, 2.75) is 18.5 Å². The zero-order valence-corrected chi connectivity index (χ0v) is 17.3. The van der Waals surface area contributed by atoms with Gasteiger partial charge in [-0.25, -0.2) is 9.97 Å². The lowest BCUT2D eigenvalue weighted by Gasteiger charge is -2.16. The number of hydrogen-bond donors (Lipinski definition) is 1. The van der Waals surface area contributed by atoms with E-state index in [0.717, 1.165) is 6.07 Å². The van der Waals surface area contributed by atoms with Gasteiger partial charge in [0.2, 0.25) is 5.91 Å². The predicted octanol–water partition coefficient (Wildman–Crippen LogP) is 3.65. The predicted molar refractivity (Wildman–Crippen MR) is 107 cm³/mol. The second-order valence-corrected chi connectivity index (χ2v) is 7.31. The van der Waals surface area contributed by atoms with Gasteiger partial charge in [-0.3, -0.25) is 4.79 Å². The molecule has 0 bridgehead atoms. The normalized spacial score (nSPS) is 12.4. The molecule has 1 atom stereocenters. The summed E-state index contributed by atoms with van der Waals surface area (Å²) in [5.74, 6) is -0.826. The maximum Gasteiger partial charge on any atom is 0.419 e. The minimum atomic E-state index is -4.69. The third-order valence-corrected chi connectivity index (χ3v) is 4.62. The van der Waals surface area contributed by atoms with Crippen LogP contribution in [0.2, 0.25) is 0 Å². The number of hydrogen-bond acceptors (Lipinski definition) is 5. The summed E-state index contributed by atoms with van der Waals surface area (Å²) in [6, 6.07) is 7.02. The molecule has 0 fully saturated rings. The molecule has 1 N–H and O–H groups in total. The van der Waals surface area contributed by atoms with Crippen molar-refractivity contribution in [2.24, 2.45) is 7.05 Å². The Bertz CT molecular complexity index is 1170. The molecule has 7 nitrogen and oxygen atoms in total. The summed E-state index contributed by atoms with van der Waals surface area (Å²) >= 11 is 5.61. The molecule has 2 heterocycles. The molecule has 1 amide bonds. The first-order valence-electron chi connectivity index (χ1n) is 9.10. The van der Waals surface area contributed by atoms with Crippen molar-refractivity contribution >= 4 is 28.5 Å². The fourth-order valence-corrected chi connectivity index (χ4v) is 2.94. The number of pyridine rings is 1. The third kappa shape index (κ3) is 4.88. The average Bonchev–Trinajstić information content (AvgIpc) is 3.10.